The fourth-order valence-corrected chi connectivity index (χ4v) is 2.97. The predicted molar refractivity (Wildman–Crippen MR) is 88.3 cm³/mol. The second-order valence-corrected chi connectivity index (χ2v) is 7.16. The van der Waals surface area contributed by atoms with Crippen LogP contribution in [-0.2, 0) is 14.8 Å². The summed E-state index contributed by atoms with van der Waals surface area (Å²) in [7, 11) is -3.72. The molecule has 0 bridgehead atoms. The van der Waals surface area contributed by atoms with E-state index in [-0.39, 0.29) is 16.8 Å². The average Bonchev–Trinajstić information content (AvgIpc) is 2.47. The Labute approximate surface area is 136 Å². The van der Waals surface area contributed by atoms with E-state index in [4.69, 9.17) is 0 Å². The second kappa shape index (κ2) is 6.97. The molecule has 1 heterocycles. The van der Waals surface area contributed by atoms with E-state index in [1.165, 1.54) is 31.2 Å². The van der Waals surface area contributed by atoms with Gasteiger partial charge in [-0.1, -0.05) is 0 Å². The highest BCUT2D eigenvalue weighted by atomic mass is 32.2. The SMILES string of the molecule is CC(=O)Nc1ccc(S(=O)(=O)NC2=NCN(C(C)C)CN2)cc1. The van der Waals surface area contributed by atoms with Gasteiger partial charge >= 0.3 is 0 Å². The monoisotopic (exact) mass is 339 g/mol. The summed E-state index contributed by atoms with van der Waals surface area (Å²) in [6.45, 7) is 6.44. The first-order valence-corrected chi connectivity index (χ1v) is 8.69. The van der Waals surface area contributed by atoms with Gasteiger partial charge in [-0.05, 0) is 38.1 Å². The van der Waals surface area contributed by atoms with Crippen LogP contribution < -0.4 is 15.4 Å². The van der Waals surface area contributed by atoms with Gasteiger partial charge in [0, 0.05) is 18.7 Å². The molecule has 9 heteroatoms. The van der Waals surface area contributed by atoms with Crippen molar-refractivity contribution in [2.24, 2.45) is 4.99 Å². The molecule has 0 radical (unpaired) electrons. The van der Waals surface area contributed by atoms with Gasteiger partial charge in [0.15, 0.2) is 0 Å². The van der Waals surface area contributed by atoms with Crippen molar-refractivity contribution in [3.05, 3.63) is 24.3 Å². The summed E-state index contributed by atoms with van der Waals surface area (Å²) < 4.78 is 27.1. The fourth-order valence-electron chi connectivity index (χ4n) is 1.96. The predicted octanol–water partition coefficient (Wildman–Crippen LogP) is 0.508. The Morgan fingerprint density at radius 2 is 1.96 bits per heavy atom. The quantitative estimate of drug-likeness (QED) is 0.742. The average molecular weight is 339 g/mol. The topological polar surface area (TPSA) is 103 Å². The van der Waals surface area contributed by atoms with Gasteiger partial charge in [-0.3, -0.25) is 9.69 Å². The minimum Gasteiger partial charge on any atom is -0.343 e. The molecule has 1 aliphatic rings. The van der Waals surface area contributed by atoms with E-state index in [1.54, 1.807) is 0 Å². The van der Waals surface area contributed by atoms with E-state index in [0.717, 1.165) is 0 Å². The van der Waals surface area contributed by atoms with E-state index >= 15 is 0 Å². The number of nitrogens with one attached hydrogen (secondary N) is 3. The van der Waals surface area contributed by atoms with E-state index in [9.17, 15) is 13.2 Å². The van der Waals surface area contributed by atoms with Crippen molar-refractivity contribution in [1.82, 2.24) is 14.9 Å². The lowest BCUT2D eigenvalue weighted by atomic mass is 10.3. The van der Waals surface area contributed by atoms with Crippen molar-refractivity contribution < 1.29 is 13.2 Å². The van der Waals surface area contributed by atoms with Crippen LogP contribution in [0.4, 0.5) is 5.69 Å². The first kappa shape index (κ1) is 17.2. The number of guanidine groups is 1. The van der Waals surface area contributed by atoms with Gasteiger partial charge < -0.3 is 10.6 Å². The zero-order valence-corrected chi connectivity index (χ0v) is 14.1. The lowest BCUT2D eigenvalue weighted by Crippen LogP contribution is -2.51. The minimum absolute atomic E-state index is 0.0994. The number of carbonyl (C=O) groups is 1. The molecule has 1 aliphatic heterocycles. The molecule has 2 rings (SSSR count). The molecule has 126 valence electrons. The van der Waals surface area contributed by atoms with Crippen LogP contribution in [0.25, 0.3) is 0 Å². The van der Waals surface area contributed by atoms with Crippen LogP contribution in [0, 0.1) is 0 Å². The number of carbonyl (C=O) groups excluding carboxylic acids is 1. The van der Waals surface area contributed by atoms with E-state index < -0.39 is 10.0 Å². The number of hydrogen-bond acceptors (Lipinski definition) is 6. The van der Waals surface area contributed by atoms with Crippen LogP contribution in [0.1, 0.15) is 20.8 Å². The maximum absolute atomic E-state index is 12.3. The molecule has 0 aliphatic carbocycles. The molecule has 0 saturated carbocycles. The summed E-state index contributed by atoms with van der Waals surface area (Å²) >= 11 is 0. The molecule has 0 aromatic heterocycles. The summed E-state index contributed by atoms with van der Waals surface area (Å²) in [6, 6.07) is 6.25. The van der Waals surface area contributed by atoms with Crippen LogP contribution in [0.15, 0.2) is 34.2 Å². The van der Waals surface area contributed by atoms with Crippen LogP contribution in [0.5, 0.6) is 0 Å². The van der Waals surface area contributed by atoms with Crippen molar-refractivity contribution in [3.63, 3.8) is 0 Å². The van der Waals surface area contributed by atoms with Crippen molar-refractivity contribution >= 4 is 27.6 Å². The largest absolute Gasteiger partial charge is 0.343 e. The van der Waals surface area contributed by atoms with Crippen molar-refractivity contribution in [2.45, 2.75) is 31.7 Å². The molecule has 0 atom stereocenters. The van der Waals surface area contributed by atoms with Gasteiger partial charge in [0.1, 0.15) is 0 Å². The van der Waals surface area contributed by atoms with Crippen molar-refractivity contribution in [1.29, 1.82) is 0 Å². The van der Waals surface area contributed by atoms with Gasteiger partial charge in [0.05, 0.1) is 18.2 Å². The van der Waals surface area contributed by atoms with E-state index in [0.29, 0.717) is 25.1 Å². The Balaban J connectivity index is 2.06. The molecular formula is C14H21N5O3S. The molecule has 0 fully saturated rings. The lowest BCUT2D eigenvalue weighted by molar-refractivity contribution is -0.114. The number of sulfonamides is 1. The summed E-state index contributed by atoms with van der Waals surface area (Å²) in [5.41, 5.74) is 0.539. The van der Waals surface area contributed by atoms with Crippen LogP contribution in [-0.4, -0.2) is 44.6 Å². The van der Waals surface area contributed by atoms with Crippen LogP contribution >= 0.6 is 0 Å². The highest BCUT2D eigenvalue weighted by molar-refractivity contribution is 7.90. The number of nitrogens with zero attached hydrogens (tertiary/aromatic N) is 2. The molecule has 1 aromatic carbocycles. The lowest BCUT2D eigenvalue weighted by Gasteiger charge is -2.29. The molecular weight excluding hydrogens is 318 g/mol. The minimum atomic E-state index is -3.72. The molecule has 0 saturated heterocycles. The molecule has 8 nitrogen and oxygen atoms in total. The van der Waals surface area contributed by atoms with Gasteiger partial charge in [-0.15, -0.1) is 0 Å². The molecule has 0 spiro atoms. The normalized spacial score (nSPS) is 15.7. The first-order chi connectivity index (χ1) is 10.8. The maximum Gasteiger partial charge on any atom is 0.264 e. The molecule has 1 aromatic rings. The Morgan fingerprint density at radius 3 is 2.43 bits per heavy atom. The molecule has 1 amide bonds. The van der Waals surface area contributed by atoms with E-state index in [1.807, 2.05) is 13.8 Å². The highest BCUT2D eigenvalue weighted by Crippen LogP contribution is 2.14. The second-order valence-electron chi connectivity index (χ2n) is 5.48. The number of benzene rings is 1. The Bertz CT molecular complexity index is 698. The van der Waals surface area contributed by atoms with Crippen molar-refractivity contribution in [3.8, 4) is 0 Å². The third-order valence-corrected chi connectivity index (χ3v) is 4.66. The van der Waals surface area contributed by atoms with Crippen molar-refractivity contribution in [2.75, 3.05) is 18.7 Å². The molecule has 23 heavy (non-hydrogen) atoms. The standard InChI is InChI=1S/C14H21N5O3S/c1-10(2)19-8-15-14(16-9-19)18-23(21,22)13-6-4-12(5-7-13)17-11(3)20/h4-7,10H,8-9H2,1-3H3,(H,17,20)(H2,15,16,18). The Hall–Kier alpha value is -2.13. The van der Waals surface area contributed by atoms with Crippen LogP contribution in [0.2, 0.25) is 0 Å². The zero-order chi connectivity index (χ0) is 17.0. The van der Waals surface area contributed by atoms with Gasteiger partial charge in [0.2, 0.25) is 11.9 Å². The maximum atomic E-state index is 12.3. The number of amides is 1. The number of hydrogen-bond donors (Lipinski definition) is 3. The van der Waals surface area contributed by atoms with Gasteiger partial charge in [-0.25, -0.2) is 18.1 Å². The third kappa shape index (κ3) is 4.67. The summed E-state index contributed by atoms with van der Waals surface area (Å²) in [5.74, 6) is 0.0158. The fraction of sp³-hybridized carbons (Fsp3) is 0.429. The Morgan fingerprint density at radius 1 is 1.30 bits per heavy atom. The molecule has 0 unspecified atom stereocenters. The van der Waals surface area contributed by atoms with E-state index in [2.05, 4.69) is 25.2 Å². The van der Waals surface area contributed by atoms with Gasteiger partial charge in [0.25, 0.3) is 10.0 Å². The number of rotatable bonds is 4. The third-order valence-electron chi connectivity index (χ3n) is 3.31. The number of anilines is 1. The smallest absolute Gasteiger partial charge is 0.264 e. The van der Waals surface area contributed by atoms with Crippen LogP contribution in [0.3, 0.4) is 0 Å². The molecule has 3 N–H and O–H groups in total. The van der Waals surface area contributed by atoms with Gasteiger partial charge in [-0.2, -0.15) is 0 Å². The Kier molecular flexibility index (Phi) is 5.22. The zero-order valence-electron chi connectivity index (χ0n) is 13.3. The summed E-state index contributed by atoms with van der Waals surface area (Å²) in [4.78, 5) is 17.3. The first-order valence-electron chi connectivity index (χ1n) is 7.21. The summed E-state index contributed by atoms with van der Waals surface area (Å²) in [5, 5.41) is 5.53. The summed E-state index contributed by atoms with van der Waals surface area (Å²) in [6.07, 6.45) is 0. The number of aliphatic imine (C=N–C) groups is 1. The highest BCUT2D eigenvalue weighted by Gasteiger charge is 2.20.